The second kappa shape index (κ2) is 11.8. The maximum atomic E-state index is 6.86. The Bertz CT molecular complexity index is 3080. The van der Waals surface area contributed by atoms with Crippen LogP contribution in [0.25, 0.3) is 89.2 Å². The SMILES string of the molecule is c1ccc(-c2cc(-c3ccc(-c4ccc5c(c4)C4(c6ccccc6-c6ccccc64)c4ccccc4-5)c4c3oc3ccccc34)nc(-c3ccccc3)n2)cc1. The van der Waals surface area contributed by atoms with Crippen LogP contribution in [0.15, 0.2) is 199 Å². The van der Waals surface area contributed by atoms with Gasteiger partial charge in [0.05, 0.1) is 16.8 Å². The fraction of sp³-hybridized carbons (Fsp3) is 0.0189. The van der Waals surface area contributed by atoms with Crippen molar-refractivity contribution >= 4 is 21.9 Å². The Morgan fingerprint density at radius 1 is 0.357 bits per heavy atom. The lowest BCUT2D eigenvalue weighted by Crippen LogP contribution is -2.25. The Kier molecular flexibility index (Phi) is 6.55. The third-order valence-corrected chi connectivity index (χ3v) is 11.9. The van der Waals surface area contributed by atoms with Gasteiger partial charge in [-0.3, -0.25) is 0 Å². The van der Waals surface area contributed by atoms with E-state index in [1.54, 1.807) is 0 Å². The topological polar surface area (TPSA) is 38.9 Å². The number of benzene rings is 8. The van der Waals surface area contributed by atoms with E-state index < -0.39 is 5.41 Å². The summed E-state index contributed by atoms with van der Waals surface area (Å²) in [7, 11) is 0. The summed E-state index contributed by atoms with van der Waals surface area (Å²) >= 11 is 0. The number of aromatic nitrogens is 2. The standard InChI is InChI=1S/C53H32N2O/c1-3-15-33(16-4-1)47-32-48(55-52(54-47)34-17-5-2-6-18-34)41-30-29-36(50-42-22-10-14-26-49(42)56-51(41)50)35-27-28-40-39-21-9-13-25-45(39)53(46(40)31-35)43-23-11-7-19-37(43)38-20-8-12-24-44(38)53/h1-32H. The zero-order valence-corrected chi connectivity index (χ0v) is 30.3. The average Bonchev–Trinajstić information content (AvgIpc) is 3.91. The largest absolute Gasteiger partial charge is 0.455 e. The molecule has 0 fully saturated rings. The summed E-state index contributed by atoms with van der Waals surface area (Å²) in [4.78, 5) is 10.3. The smallest absolute Gasteiger partial charge is 0.160 e. The molecule has 0 bridgehead atoms. The summed E-state index contributed by atoms with van der Waals surface area (Å²) in [6.45, 7) is 0. The van der Waals surface area contributed by atoms with Gasteiger partial charge in [-0.05, 0) is 79.9 Å². The predicted molar refractivity (Wildman–Crippen MR) is 227 cm³/mol. The van der Waals surface area contributed by atoms with E-state index in [1.807, 2.05) is 42.5 Å². The first-order chi connectivity index (χ1) is 27.8. The lowest BCUT2D eigenvalue weighted by atomic mass is 9.70. The molecule has 10 aromatic rings. The molecule has 56 heavy (non-hydrogen) atoms. The van der Waals surface area contributed by atoms with E-state index in [0.717, 1.165) is 61.1 Å². The molecule has 2 aromatic heterocycles. The van der Waals surface area contributed by atoms with Gasteiger partial charge in [0.2, 0.25) is 0 Å². The van der Waals surface area contributed by atoms with Crippen LogP contribution in [0.1, 0.15) is 22.3 Å². The Morgan fingerprint density at radius 3 is 1.55 bits per heavy atom. The number of furan rings is 1. The summed E-state index contributed by atoms with van der Waals surface area (Å²) in [6, 6.07) is 69.5. The minimum Gasteiger partial charge on any atom is -0.455 e. The van der Waals surface area contributed by atoms with Crippen molar-refractivity contribution < 1.29 is 4.42 Å². The molecule has 3 nitrogen and oxygen atoms in total. The van der Waals surface area contributed by atoms with Gasteiger partial charge in [0.25, 0.3) is 0 Å². The molecule has 3 heteroatoms. The predicted octanol–water partition coefficient (Wildman–Crippen LogP) is 13.4. The van der Waals surface area contributed by atoms with Crippen LogP contribution in [0.3, 0.4) is 0 Å². The van der Waals surface area contributed by atoms with Gasteiger partial charge < -0.3 is 4.42 Å². The van der Waals surface area contributed by atoms with Gasteiger partial charge in [-0.1, -0.05) is 170 Å². The molecule has 1 spiro atoms. The van der Waals surface area contributed by atoms with Crippen molar-refractivity contribution in [2.45, 2.75) is 5.41 Å². The van der Waals surface area contributed by atoms with Crippen LogP contribution in [0.2, 0.25) is 0 Å². The van der Waals surface area contributed by atoms with E-state index >= 15 is 0 Å². The van der Waals surface area contributed by atoms with Crippen LogP contribution in [-0.4, -0.2) is 9.97 Å². The summed E-state index contributed by atoms with van der Waals surface area (Å²) < 4.78 is 6.86. The molecule has 0 atom stereocenters. The Labute approximate surface area is 324 Å². The first-order valence-corrected chi connectivity index (χ1v) is 19.2. The molecule has 260 valence electrons. The highest BCUT2D eigenvalue weighted by Gasteiger charge is 2.51. The van der Waals surface area contributed by atoms with Crippen LogP contribution in [0.5, 0.6) is 0 Å². The average molecular weight is 713 g/mol. The van der Waals surface area contributed by atoms with Crippen molar-refractivity contribution in [3.8, 4) is 67.3 Å². The van der Waals surface area contributed by atoms with Crippen LogP contribution in [0.4, 0.5) is 0 Å². The van der Waals surface area contributed by atoms with Crippen molar-refractivity contribution in [2.24, 2.45) is 0 Å². The van der Waals surface area contributed by atoms with E-state index in [2.05, 4.69) is 152 Å². The van der Waals surface area contributed by atoms with Crippen molar-refractivity contribution in [1.29, 1.82) is 0 Å². The van der Waals surface area contributed by atoms with E-state index in [1.165, 1.54) is 44.5 Å². The molecular weight excluding hydrogens is 681 g/mol. The van der Waals surface area contributed by atoms with Gasteiger partial charge in [-0.25, -0.2) is 9.97 Å². The Hall–Kier alpha value is -7.36. The molecule has 0 unspecified atom stereocenters. The maximum Gasteiger partial charge on any atom is 0.160 e. The maximum absolute atomic E-state index is 6.86. The lowest BCUT2D eigenvalue weighted by molar-refractivity contribution is 0.670. The fourth-order valence-corrected chi connectivity index (χ4v) is 9.59. The van der Waals surface area contributed by atoms with Gasteiger partial charge in [-0.15, -0.1) is 0 Å². The third-order valence-electron chi connectivity index (χ3n) is 11.9. The molecule has 2 aliphatic rings. The Balaban J connectivity index is 1.11. The molecule has 0 aliphatic heterocycles. The molecule has 2 aliphatic carbocycles. The monoisotopic (exact) mass is 712 g/mol. The van der Waals surface area contributed by atoms with Crippen LogP contribution in [-0.2, 0) is 5.41 Å². The first kappa shape index (κ1) is 31.0. The van der Waals surface area contributed by atoms with Crippen molar-refractivity contribution in [1.82, 2.24) is 9.97 Å². The van der Waals surface area contributed by atoms with Crippen molar-refractivity contribution in [3.05, 3.63) is 216 Å². The molecule has 2 heterocycles. The highest BCUT2D eigenvalue weighted by Crippen LogP contribution is 2.63. The molecule has 0 amide bonds. The van der Waals surface area contributed by atoms with Gasteiger partial charge in [0, 0.05) is 27.5 Å². The second-order valence-electron chi connectivity index (χ2n) is 14.8. The third kappa shape index (κ3) is 4.28. The van der Waals surface area contributed by atoms with Gasteiger partial charge in [0.15, 0.2) is 5.82 Å². The first-order valence-electron chi connectivity index (χ1n) is 19.2. The number of rotatable bonds is 4. The molecular formula is C53H32N2O. The number of fused-ring (bicyclic) bond motifs is 13. The summed E-state index contributed by atoms with van der Waals surface area (Å²) in [6.07, 6.45) is 0. The molecule has 0 saturated carbocycles. The zero-order valence-electron chi connectivity index (χ0n) is 30.3. The second-order valence-corrected chi connectivity index (χ2v) is 14.8. The molecule has 0 saturated heterocycles. The van der Waals surface area contributed by atoms with Crippen molar-refractivity contribution in [3.63, 3.8) is 0 Å². The van der Waals surface area contributed by atoms with Crippen LogP contribution < -0.4 is 0 Å². The van der Waals surface area contributed by atoms with Gasteiger partial charge in [0.1, 0.15) is 11.2 Å². The van der Waals surface area contributed by atoms with Crippen LogP contribution in [0, 0.1) is 0 Å². The van der Waals surface area contributed by atoms with E-state index in [-0.39, 0.29) is 0 Å². The summed E-state index contributed by atoms with van der Waals surface area (Å²) in [5.41, 5.74) is 18.6. The van der Waals surface area contributed by atoms with Gasteiger partial charge in [-0.2, -0.15) is 0 Å². The summed E-state index contributed by atoms with van der Waals surface area (Å²) in [5, 5.41) is 2.16. The summed E-state index contributed by atoms with van der Waals surface area (Å²) in [5.74, 6) is 0.677. The quantitative estimate of drug-likeness (QED) is 0.182. The molecule has 8 aromatic carbocycles. The van der Waals surface area contributed by atoms with E-state index in [4.69, 9.17) is 14.4 Å². The number of hydrogen-bond donors (Lipinski definition) is 0. The molecule has 12 rings (SSSR count). The van der Waals surface area contributed by atoms with Crippen molar-refractivity contribution in [2.75, 3.05) is 0 Å². The van der Waals surface area contributed by atoms with E-state index in [0.29, 0.717) is 5.82 Å². The lowest BCUT2D eigenvalue weighted by Gasteiger charge is -2.30. The molecule has 0 N–H and O–H groups in total. The zero-order chi connectivity index (χ0) is 36.8. The van der Waals surface area contributed by atoms with E-state index in [9.17, 15) is 0 Å². The Morgan fingerprint density at radius 2 is 0.875 bits per heavy atom. The number of hydrogen-bond acceptors (Lipinski definition) is 3. The fourth-order valence-electron chi connectivity index (χ4n) is 9.59. The minimum absolute atomic E-state index is 0.421. The van der Waals surface area contributed by atoms with Gasteiger partial charge >= 0.3 is 0 Å². The minimum atomic E-state index is -0.421. The normalized spacial score (nSPS) is 13.1. The number of para-hydroxylation sites is 1. The van der Waals surface area contributed by atoms with Crippen LogP contribution >= 0.6 is 0 Å². The highest BCUT2D eigenvalue weighted by molar-refractivity contribution is 6.16. The molecule has 0 radical (unpaired) electrons. The number of nitrogens with zero attached hydrogens (tertiary/aromatic N) is 2. The highest BCUT2D eigenvalue weighted by atomic mass is 16.3.